The molecule has 1 aromatic carbocycles. The van der Waals surface area contributed by atoms with Crippen LogP contribution in [0, 0.1) is 16.0 Å². The van der Waals surface area contributed by atoms with Crippen molar-refractivity contribution in [1.82, 2.24) is 0 Å². The van der Waals surface area contributed by atoms with Crippen molar-refractivity contribution in [3.05, 3.63) is 45.0 Å². The first-order valence-corrected chi connectivity index (χ1v) is 11.7. The average Bonchev–Trinajstić information content (AvgIpc) is 2.70. The zero-order valence-electron chi connectivity index (χ0n) is 19.6. The Bertz CT molecular complexity index is 875. The predicted octanol–water partition coefficient (Wildman–Crippen LogP) is 5.92. The van der Waals surface area contributed by atoms with Crippen LogP contribution in [-0.4, -0.2) is 23.3 Å². The third-order valence-corrected chi connectivity index (χ3v) is 6.53. The van der Waals surface area contributed by atoms with Gasteiger partial charge in [-0.1, -0.05) is 31.4 Å². The Kier molecular flexibility index (Phi) is 7.80. The summed E-state index contributed by atoms with van der Waals surface area (Å²) in [6, 6.07) is 4.10. The molecule has 32 heavy (non-hydrogen) atoms. The Morgan fingerprint density at radius 2 is 2.06 bits per heavy atom. The normalized spacial score (nSPS) is 20.9. The lowest BCUT2D eigenvalue weighted by molar-refractivity contribution is -0.757. The molecule has 2 unspecified atom stereocenters. The second-order valence-corrected chi connectivity index (χ2v) is 9.49. The topological polar surface area (TPSA) is 87.9 Å². The van der Waals surface area contributed by atoms with E-state index in [1.165, 1.54) is 5.57 Å². The number of esters is 1. The summed E-state index contributed by atoms with van der Waals surface area (Å²) in [7, 11) is 0. The second kappa shape index (κ2) is 10.4. The van der Waals surface area contributed by atoms with Gasteiger partial charge in [0.05, 0.1) is 6.61 Å². The smallest absolute Gasteiger partial charge is 0.311 e. The Hall–Kier alpha value is -2.57. The standard InChI is InChI=1S/C25H35NO6/c1-5-6-7-9-18-15-21(31-23(27)10-8-13-30-26(28)29)24-19-14-17(2)11-12-20(19)25(3,4)32-22(24)16-18/h14-16,19-20H,5-13H2,1-4H3. The summed E-state index contributed by atoms with van der Waals surface area (Å²) in [5, 5.41) is 9.45. The van der Waals surface area contributed by atoms with Crippen molar-refractivity contribution in [3.8, 4) is 11.5 Å². The number of fused-ring (bicyclic) bond motifs is 3. The molecule has 1 aliphatic carbocycles. The number of hydrogen-bond acceptors (Lipinski definition) is 6. The van der Waals surface area contributed by atoms with Gasteiger partial charge in [0.15, 0.2) is 0 Å². The van der Waals surface area contributed by atoms with E-state index < -0.39 is 11.1 Å². The monoisotopic (exact) mass is 445 g/mol. The number of benzene rings is 1. The highest BCUT2D eigenvalue weighted by atomic mass is 16.9. The minimum atomic E-state index is -0.849. The Morgan fingerprint density at radius 3 is 2.78 bits per heavy atom. The van der Waals surface area contributed by atoms with Crippen LogP contribution in [0.1, 0.15) is 89.7 Å². The van der Waals surface area contributed by atoms with E-state index >= 15 is 0 Å². The molecule has 0 N–H and O–H groups in total. The molecule has 0 bridgehead atoms. The Morgan fingerprint density at radius 1 is 1.28 bits per heavy atom. The van der Waals surface area contributed by atoms with Gasteiger partial charge in [-0.3, -0.25) is 4.79 Å². The summed E-state index contributed by atoms with van der Waals surface area (Å²) in [5.74, 6) is 1.38. The lowest BCUT2D eigenvalue weighted by Crippen LogP contribution is -2.45. The molecular formula is C25H35NO6. The summed E-state index contributed by atoms with van der Waals surface area (Å²) in [4.78, 5) is 27.2. The summed E-state index contributed by atoms with van der Waals surface area (Å²) in [6.07, 6.45) is 8.90. The highest BCUT2D eigenvalue weighted by molar-refractivity contribution is 5.73. The van der Waals surface area contributed by atoms with E-state index in [1.54, 1.807) is 0 Å². The van der Waals surface area contributed by atoms with Crippen LogP contribution in [0.5, 0.6) is 11.5 Å². The Labute approximate surface area is 190 Å². The van der Waals surface area contributed by atoms with Crippen molar-refractivity contribution in [2.45, 2.75) is 90.6 Å². The molecule has 1 heterocycles. The number of carbonyl (C=O) groups excluding carboxylic acids is 1. The summed E-state index contributed by atoms with van der Waals surface area (Å²) in [5.41, 5.74) is 3.08. The SMILES string of the molecule is CCCCCc1cc(OC(=O)CCCO[N+](=O)[O-])c2c(c1)OC(C)(C)C1CCC(C)=CC21. The van der Waals surface area contributed by atoms with Gasteiger partial charge >= 0.3 is 5.97 Å². The molecule has 0 aromatic heterocycles. The lowest BCUT2D eigenvalue weighted by atomic mass is 9.68. The molecule has 0 fully saturated rings. The van der Waals surface area contributed by atoms with Gasteiger partial charge in [0.25, 0.3) is 5.09 Å². The summed E-state index contributed by atoms with van der Waals surface area (Å²) >= 11 is 0. The lowest BCUT2D eigenvalue weighted by Gasteiger charge is -2.46. The first-order chi connectivity index (χ1) is 15.2. The van der Waals surface area contributed by atoms with E-state index in [4.69, 9.17) is 9.47 Å². The van der Waals surface area contributed by atoms with Crippen LogP contribution in [-0.2, 0) is 16.1 Å². The summed E-state index contributed by atoms with van der Waals surface area (Å²) < 4.78 is 12.3. The highest BCUT2D eigenvalue weighted by Crippen LogP contribution is 2.53. The van der Waals surface area contributed by atoms with Crippen molar-refractivity contribution in [3.63, 3.8) is 0 Å². The molecular weight excluding hydrogens is 410 g/mol. The minimum Gasteiger partial charge on any atom is -0.487 e. The minimum absolute atomic E-state index is 0.0536. The molecule has 2 atom stereocenters. The number of unbranched alkanes of at least 4 members (excludes halogenated alkanes) is 2. The van der Waals surface area contributed by atoms with Gasteiger partial charge in [0, 0.05) is 23.8 Å². The van der Waals surface area contributed by atoms with Gasteiger partial charge in [0.1, 0.15) is 17.1 Å². The van der Waals surface area contributed by atoms with Crippen LogP contribution >= 0.6 is 0 Å². The van der Waals surface area contributed by atoms with Crippen molar-refractivity contribution in [2.75, 3.05) is 6.61 Å². The van der Waals surface area contributed by atoms with Crippen molar-refractivity contribution >= 4 is 5.97 Å². The molecule has 7 nitrogen and oxygen atoms in total. The maximum absolute atomic E-state index is 12.6. The number of allylic oxidation sites excluding steroid dienone is 2. The maximum atomic E-state index is 12.6. The van der Waals surface area contributed by atoms with Crippen LogP contribution in [0.2, 0.25) is 0 Å². The highest BCUT2D eigenvalue weighted by Gasteiger charge is 2.45. The fraction of sp³-hybridized carbons (Fsp3) is 0.640. The van der Waals surface area contributed by atoms with Gasteiger partial charge in [-0.25, -0.2) is 0 Å². The second-order valence-electron chi connectivity index (χ2n) is 9.49. The largest absolute Gasteiger partial charge is 0.487 e. The van der Waals surface area contributed by atoms with Gasteiger partial charge in [-0.05, 0) is 70.6 Å². The molecule has 0 saturated carbocycles. The van der Waals surface area contributed by atoms with Crippen molar-refractivity contribution in [1.29, 1.82) is 0 Å². The molecule has 0 amide bonds. The van der Waals surface area contributed by atoms with Crippen molar-refractivity contribution < 1.29 is 24.2 Å². The van der Waals surface area contributed by atoms with E-state index in [0.717, 1.165) is 55.4 Å². The Balaban J connectivity index is 1.90. The van der Waals surface area contributed by atoms with Gasteiger partial charge in [0.2, 0.25) is 0 Å². The van der Waals surface area contributed by atoms with E-state index in [-0.39, 0.29) is 31.0 Å². The zero-order chi connectivity index (χ0) is 23.3. The fourth-order valence-electron chi connectivity index (χ4n) is 4.90. The average molecular weight is 446 g/mol. The molecule has 2 aliphatic rings. The first kappa shape index (κ1) is 24.1. The predicted molar refractivity (Wildman–Crippen MR) is 121 cm³/mol. The number of carbonyl (C=O) groups is 1. The van der Waals surface area contributed by atoms with Crippen LogP contribution in [0.25, 0.3) is 0 Å². The van der Waals surface area contributed by atoms with Gasteiger partial charge in [-0.15, -0.1) is 10.1 Å². The number of nitrogens with zero attached hydrogens (tertiary/aromatic N) is 1. The third kappa shape index (κ3) is 5.81. The molecule has 0 spiro atoms. The zero-order valence-corrected chi connectivity index (χ0v) is 19.6. The van der Waals surface area contributed by atoms with E-state index in [0.29, 0.717) is 11.7 Å². The summed E-state index contributed by atoms with van der Waals surface area (Å²) in [6.45, 7) is 8.49. The first-order valence-electron chi connectivity index (χ1n) is 11.7. The van der Waals surface area contributed by atoms with Crippen LogP contribution in [0.15, 0.2) is 23.8 Å². The third-order valence-electron chi connectivity index (χ3n) is 6.53. The molecule has 0 radical (unpaired) electrons. The van der Waals surface area contributed by atoms with E-state index in [2.05, 4.69) is 44.7 Å². The van der Waals surface area contributed by atoms with Gasteiger partial charge < -0.3 is 14.3 Å². The molecule has 3 rings (SSSR count). The van der Waals surface area contributed by atoms with Crippen LogP contribution in [0.3, 0.4) is 0 Å². The number of aryl methyl sites for hydroxylation is 1. The number of ether oxygens (including phenoxy) is 2. The quantitative estimate of drug-likeness (QED) is 0.111. The molecule has 1 aromatic rings. The fourth-order valence-corrected chi connectivity index (χ4v) is 4.90. The van der Waals surface area contributed by atoms with Gasteiger partial charge in [-0.2, -0.15) is 0 Å². The van der Waals surface area contributed by atoms with Crippen molar-refractivity contribution in [2.24, 2.45) is 5.92 Å². The van der Waals surface area contributed by atoms with E-state index in [9.17, 15) is 14.9 Å². The molecule has 176 valence electrons. The van der Waals surface area contributed by atoms with Crippen LogP contribution < -0.4 is 9.47 Å². The van der Waals surface area contributed by atoms with Crippen LogP contribution in [0.4, 0.5) is 0 Å². The molecule has 1 aliphatic heterocycles. The molecule has 7 heteroatoms. The maximum Gasteiger partial charge on any atom is 0.311 e. The number of rotatable bonds is 10. The van der Waals surface area contributed by atoms with E-state index in [1.807, 2.05) is 6.07 Å². The number of hydrogen-bond donors (Lipinski definition) is 0. The molecule has 0 saturated heterocycles.